The minimum atomic E-state index is -0.411. The zero-order chi connectivity index (χ0) is 19.1. The lowest BCUT2D eigenvalue weighted by Gasteiger charge is -2.16. The highest BCUT2D eigenvalue weighted by Crippen LogP contribution is 2.27. The first-order valence-corrected chi connectivity index (χ1v) is 9.59. The quantitative estimate of drug-likeness (QED) is 0.575. The Kier molecular flexibility index (Phi) is 7.78. The van der Waals surface area contributed by atoms with Gasteiger partial charge in [0.1, 0.15) is 0 Å². The number of carbonyl (C=O) groups excluding carboxylic acids is 2. The largest absolute Gasteiger partial charge is 0.369 e. The second kappa shape index (κ2) is 9.83. The summed E-state index contributed by atoms with van der Waals surface area (Å²) >= 11 is 13.4. The van der Waals surface area contributed by atoms with Crippen molar-refractivity contribution in [3.8, 4) is 0 Å². The molecular weight excluding hydrogens is 393 g/mol. The van der Waals surface area contributed by atoms with E-state index in [0.29, 0.717) is 15.7 Å². The Morgan fingerprint density at radius 1 is 1.19 bits per heavy atom. The Labute approximate surface area is 166 Å². The molecule has 138 valence electrons. The van der Waals surface area contributed by atoms with Gasteiger partial charge in [-0.1, -0.05) is 41.4 Å². The molecule has 0 radical (unpaired) electrons. The summed E-state index contributed by atoms with van der Waals surface area (Å²) in [5, 5.41) is 7.08. The van der Waals surface area contributed by atoms with Gasteiger partial charge in [-0.25, -0.2) is 0 Å². The van der Waals surface area contributed by atoms with Crippen molar-refractivity contribution >= 4 is 52.5 Å². The van der Waals surface area contributed by atoms with Gasteiger partial charge in [0, 0.05) is 21.0 Å². The van der Waals surface area contributed by atoms with Gasteiger partial charge in [-0.3, -0.25) is 9.59 Å². The van der Waals surface area contributed by atoms with Gasteiger partial charge in [-0.2, -0.15) is 0 Å². The molecule has 8 heteroatoms. The van der Waals surface area contributed by atoms with E-state index in [9.17, 15) is 9.59 Å². The Hall–Kier alpha value is -1.73. The van der Waals surface area contributed by atoms with Crippen LogP contribution in [0.4, 0.5) is 5.69 Å². The van der Waals surface area contributed by atoms with Crippen LogP contribution in [0.15, 0.2) is 47.4 Å². The van der Waals surface area contributed by atoms with E-state index in [1.54, 1.807) is 18.2 Å². The first-order chi connectivity index (χ1) is 12.4. The standard InChI is InChI=1S/C18H19Cl2N3O2S/c1-11(13-7-6-12(19)8-14(13)20)22-9-18(25)23-15-4-2-3-5-16(15)26-10-17(21)24/h2-8,11,22H,9-10H2,1H3,(H2,21,24)(H,23,25)/t11-/m0/s1. The van der Waals surface area contributed by atoms with Crippen LogP contribution in [0.2, 0.25) is 10.0 Å². The lowest BCUT2D eigenvalue weighted by atomic mass is 10.1. The molecule has 0 saturated carbocycles. The van der Waals surface area contributed by atoms with Crippen LogP contribution in [0, 0.1) is 0 Å². The summed E-state index contributed by atoms with van der Waals surface area (Å²) in [5.41, 5.74) is 6.68. The molecule has 0 heterocycles. The topological polar surface area (TPSA) is 84.2 Å². The Balaban J connectivity index is 1.93. The molecule has 0 spiro atoms. The zero-order valence-corrected chi connectivity index (χ0v) is 16.4. The van der Waals surface area contributed by atoms with Gasteiger partial charge in [0.05, 0.1) is 18.0 Å². The minimum absolute atomic E-state index is 0.106. The molecule has 26 heavy (non-hydrogen) atoms. The molecule has 0 unspecified atom stereocenters. The molecule has 2 aromatic carbocycles. The number of primary amides is 1. The zero-order valence-electron chi connectivity index (χ0n) is 14.1. The summed E-state index contributed by atoms with van der Waals surface area (Å²) < 4.78 is 0. The fourth-order valence-electron chi connectivity index (χ4n) is 2.25. The molecule has 2 amide bonds. The number of anilines is 1. The Bertz CT molecular complexity index is 802. The molecule has 4 N–H and O–H groups in total. The summed E-state index contributed by atoms with van der Waals surface area (Å²) in [6, 6.07) is 12.4. The molecule has 2 rings (SSSR count). The number of rotatable bonds is 8. The SMILES string of the molecule is C[C@H](NCC(=O)Nc1ccccc1SCC(N)=O)c1ccc(Cl)cc1Cl. The van der Waals surface area contributed by atoms with E-state index in [4.69, 9.17) is 28.9 Å². The van der Waals surface area contributed by atoms with Gasteiger partial charge in [-0.05, 0) is 36.8 Å². The third-order valence-corrected chi connectivity index (χ3v) is 5.19. The number of hydrogen-bond donors (Lipinski definition) is 3. The number of amides is 2. The Morgan fingerprint density at radius 3 is 2.62 bits per heavy atom. The van der Waals surface area contributed by atoms with Crippen LogP contribution in [0.1, 0.15) is 18.5 Å². The summed E-state index contributed by atoms with van der Waals surface area (Å²) in [4.78, 5) is 24.0. The van der Waals surface area contributed by atoms with Crippen molar-refractivity contribution in [3.63, 3.8) is 0 Å². The molecule has 0 aliphatic heterocycles. The van der Waals surface area contributed by atoms with Gasteiger partial charge in [-0.15, -0.1) is 11.8 Å². The van der Waals surface area contributed by atoms with Crippen LogP contribution < -0.4 is 16.4 Å². The normalized spacial score (nSPS) is 11.8. The number of para-hydroxylation sites is 1. The highest BCUT2D eigenvalue weighted by Gasteiger charge is 2.13. The maximum atomic E-state index is 12.2. The van der Waals surface area contributed by atoms with Crippen LogP contribution in [-0.4, -0.2) is 24.1 Å². The van der Waals surface area contributed by atoms with E-state index < -0.39 is 5.91 Å². The summed E-state index contributed by atoms with van der Waals surface area (Å²) in [7, 11) is 0. The highest BCUT2D eigenvalue weighted by atomic mass is 35.5. The molecule has 0 saturated heterocycles. The lowest BCUT2D eigenvalue weighted by molar-refractivity contribution is -0.116. The second-order valence-corrected chi connectivity index (χ2v) is 7.43. The van der Waals surface area contributed by atoms with E-state index in [2.05, 4.69) is 10.6 Å². The van der Waals surface area contributed by atoms with Crippen LogP contribution in [0.5, 0.6) is 0 Å². The first-order valence-electron chi connectivity index (χ1n) is 7.85. The molecule has 0 aliphatic rings. The van der Waals surface area contributed by atoms with Crippen LogP contribution in [-0.2, 0) is 9.59 Å². The predicted octanol–water partition coefficient (Wildman–Crippen LogP) is 3.86. The van der Waals surface area contributed by atoms with Gasteiger partial charge in [0.25, 0.3) is 0 Å². The second-order valence-electron chi connectivity index (χ2n) is 5.57. The fourth-order valence-corrected chi connectivity index (χ4v) is 3.57. The molecule has 0 bridgehead atoms. The predicted molar refractivity (Wildman–Crippen MR) is 108 cm³/mol. The van der Waals surface area contributed by atoms with Gasteiger partial charge in [0.2, 0.25) is 11.8 Å². The minimum Gasteiger partial charge on any atom is -0.369 e. The van der Waals surface area contributed by atoms with Crippen LogP contribution >= 0.6 is 35.0 Å². The third kappa shape index (κ3) is 6.21. The monoisotopic (exact) mass is 411 g/mol. The van der Waals surface area contributed by atoms with E-state index in [-0.39, 0.29) is 24.2 Å². The average molecular weight is 412 g/mol. The maximum Gasteiger partial charge on any atom is 0.238 e. The number of benzene rings is 2. The van der Waals surface area contributed by atoms with Gasteiger partial charge in [0.15, 0.2) is 0 Å². The number of hydrogen-bond acceptors (Lipinski definition) is 4. The van der Waals surface area contributed by atoms with Crippen molar-refractivity contribution in [3.05, 3.63) is 58.1 Å². The molecule has 1 atom stereocenters. The number of nitrogens with one attached hydrogen (secondary N) is 2. The number of thioether (sulfide) groups is 1. The highest BCUT2D eigenvalue weighted by molar-refractivity contribution is 8.00. The van der Waals surface area contributed by atoms with E-state index >= 15 is 0 Å². The summed E-state index contributed by atoms with van der Waals surface area (Å²) in [5.74, 6) is -0.461. The van der Waals surface area contributed by atoms with Gasteiger partial charge >= 0.3 is 0 Å². The van der Waals surface area contributed by atoms with Crippen molar-refractivity contribution in [1.29, 1.82) is 0 Å². The molecule has 0 aromatic heterocycles. The Morgan fingerprint density at radius 2 is 1.92 bits per heavy atom. The van der Waals surface area contributed by atoms with E-state index in [1.165, 1.54) is 11.8 Å². The molecule has 2 aromatic rings. The lowest BCUT2D eigenvalue weighted by Crippen LogP contribution is -2.30. The van der Waals surface area contributed by atoms with Crippen LogP contribution in [0.25, 0.3) is 0 Å². The molecule has 0 aliphatic carbocycles. The van der Waals surface area contributed by atoms with Crippen molar-refractivity contribution in [2.24, 2.45) is 5.73 Å². The summed E-state index contributed by atoms with van der Waals surface area (Å²) in [6.07, 6.45) is 0. The van der Waals surface area contributed by atoms with Crippen molar-refractivity contribution in [1.82, 2.24) is 5.32 Å². The fraction of sp³-hybridized carbons (Fsp3) is 0.222. The van der Waals surface area contributed by atoms with Crippen molar-refractivity contribution in [2.75, 3.05) is 17.6 Å². The number of halogens is 2. The first kappa shape index (κ1) is 20.6. The third-order valence-electron chi connectivity index (χ3n) is 3.53. The summed E-state index contributed by atoms with van der Waals surface area (Å²) in [6.45, 7) is 2.02. The van der Waals surface area contributed by atoms with Crippen LogP contribution in [0.3, 0.4) is 0 Å². The van der Waals surface area contributed by atoms with E-state index in [1.807, 2.05) is 31.2 Å². The van der Waals surface area contributed by atoms with E-state index in [0.717, 1.165) is 10.5 Å². The van der Waals surface area contributed by atoms with Crippen molar-refractivity contribution in [2.45, 2.75) is 17.9 Å². The van der Waals surface area contributed by atoms with Crippen molar-refractivity contribution < 1.29 is 9.59 Å². The molecule has 5 nitrogen and oxygen atoms in total. The number of carbonyl (C=O) groups is 2. The number of nitrogens with two attached hydrogens (primary N) is 1. The smallest absolute Gasteiger partial charge is 0.238 e. The molecule has 0 fully saturated rings. The average Bonchev–Trinajstić information content (AvgIpc) is 2.59. The van der Waals surface area contributed by atoms with Gasteiger partial charge < -0.3 is 16.4 Å². The molecular formula is C18H19Cl2N3O2S. The maximum absolute atomic E-state index is 12.2.